The Bertz CT molecular complexity index is 441. The molecule has 0 saturated heterocycles. The summed E-state index contributed by atoms with van der Waals surface area (Å²) in [7, 11) is 0. The summed E-state index contributed by atoms with van der Waals surface area (Å²) in [6.07, 6.45) is -0.566. The van der Waals surface area contributed by atoms with E-state index in [1.807, 2.05) is 20.8 Å². The molecule has 0 spiro atoms. The van der Waals surface area contributed by atoms with Crippen molar-refractivity contribution in [2.45, 2.75) is 39.4 Å². The average Bonchev–Trinajstić information content (AvgIpc) is 2.21. The Morgan fingerprint density at radius 3 is 2.61 bits per heavy atom. The number of carbonyl (C=O) groups excluding carboxylic acids is 1. The van der Waals surface area contributed by atoms with Gasteiger partial charge < -0.3 is 15.8 Å². The molecule has 1 unspecified atom stereocenters. The lowest BCUT2D eigenvalue weighted by Crippen LogP contribution is -2.34. The van der Waals surface area contributed by atoms with Crippen LogP contribution in [0.1, 0.15) is 27.7 Å². The second kappa shape index (κ2) is 5.59. The van der Waals surface area contributed by atoms with Crippen molar-refractivity contribution in [3.8, 4) is 0 Å². The van der Waals surface area contributed by atoms with E-state index in [-0.39, 0.29) is 11.5 Å². The molecule has 1 aromatic carbocycles. The minimum absolute atomic E-state index is 0.251. The van der Waals surface area contributed by atoms with Crippen molar-refractivity contribution in [1.82, 2.24) is 0 Å². The summed E-state index contributed by atoms with van der Waals surface area (Å²) in [6, 6.07) is 4.92. The number of anilines is 2. The number of halogens is 1. The zero-order valence-corrected chi connectivity index (χ0v) is 11.8. The van der Waals surface area contributed by atoms with E-state index in [0.29, 0.717) is 16.4 Å². The number of benzene rings is 1. The number of nitrogens with two attached hydrogens (primary N) is 1. The van der Waals surface area contributed by atoms with Gasteiger partial charge in [0.15, 0.2) is 0 Å². The summed E-state index contributed by atoms with van der Waals surface area (Å²) in [4.78, 5) is 11.9. The van der Waals surface area contributed by atoms with Gasteiger partial charge in [-0.1, -0.05) is 11.6 Å². The number of ether oxygens (including phenoxy) is 1. The van der Waals surface area contributed by atoms with Crippen LogP contribution >= 0.6 is 11.6 Å². The average molecular weight is 271 g/mol. The van der Waals surface area contributed by atoms with Crippen molar-refractivity contribution in [3.05, 3.63) is 23.2 Å². The maximum Gasteiger partial charge on any atom is 0.253 e. The van der Waals surface area contributed by atoms with Crippen LogP contribution in [-0.2, 0) is 9.53 Å². The van der Waals surface area contributed by atoms with Crippen molar-refractivity contribution in [1.29, 1.82) is 0 Å². The molecule has 0 aromatic heterocycles. The lowest BCUT2D eigenvalue weighted by molar-refractivity contribution is -0.135. The summed E-state index contributed by atoms with van der Waals surface area (Å²) >= 11 is 5.85. The zero-order valence-electron chi connectivity index (χ0n) is 11.1. The highest BCUT2D eigenvalue weighted by molar-refractivity contribution is 6.31. The van der Waals surface area contributed by atoms with E-state index in [4.69, 9.17) is 22.1 Å². The van der Waals surface area contributed by atoms with E-state index in [2.05, 4.69) is 5.32 Å². The molecule has 0 aliphatic heterocycles. The van der Waals surface area contributed by atoms with E-state index in [1.54, 1.807) is 25.1 Å². The van der Waals surface area contributed by atoms with Gasteiger partial charge in [-0.05, 0) is 45.9 Å². The highest BCUT2D eigenvalue weighted by Gasteiger charge is 2.21. The van der Waals surface area contributed by atoms with E-state index in [0.717, 1.165) is 0 Å². The first-order valence-electron chi connectivity index (χ1n) is 5.73. The summed E-state index contributed by atoms with van der Waals surface area (Å²) in [5.74, 6) is -0.251. The molecule has 0 fully saturated rings. The number of carbonyl (C=O) groups is 1. The fraction of sp³-hybridized carbons (Fsp3) is 0.462. The second-order valence-corrected chi connectivity index (χ2v) is 5.53. The fourth-order valence-electron chi connectivity index (χ4n) is 1.45. The first-order chi connectivity index (χ1) is 8.19. The Labute approximate surface area is 112 Å². The van der Waals surface area contributed by atoms with Crippen LogP contribution < -0.4 is 11.1 Å². The standard InChI is InChI=1S/C13H19ClN2O2/c1-8(18-13(2,3)4)12(17)16-11-7-9(14)5-6-10(11)15/h5-8H,15H2,1-4H3,(H,16,17). The Kier molecular flexibility index (Phi) is 4.59. The minimum atomic E-state index is -0.566. The van der Waals surface area contributed by atoms with Gasteiger partial charge in [0.05, 0.1) is 17.0 Å². The van der Waals surface area contributed by atoms with Crippen LogP contribution in [0.5, 0.6) is 0 Å². The molecule has 1 amide bonds. The molecule has 100 valence electrons. The molecule has 18 heavy (non-hydrogen) atoms. The van der Waals surface area contributed by atoms with Gasteiger partial charge in [0, 0.05) is 5.02 Å². The third kappa shape index (κ3) is 4.55. The third-order valence-electron chi connectivity index (χ3n) is 2.17. The van der Waals surface area contributed by atoms with Crippen LogP contribution in [0, 0.1) is 0 Å². The second-order valence-electron chi connectivity index (χ2n) is 5.09. The van der Waals surface area contributed by atoms with Gasteiger partial charge in [0.25, 0.3) is 5.91 Å². The topological polar surface area (TPSA) is 64.3 Å². The number of nitrogen functional groups attached to an aromatic ring is 1. The van der Waals surface area contributed by atoms with Crippen LogP contribution in [0.15, 0.2) is 18.2 Å². The van der Waals surface area contributed by atoms with E-state index in [9.17, 15) is 4.79 Å². The maximum absolute atomic E-state index is 11.9. The molecule has 1 atom stereocenters. The molecule has 5 heteroatoms. The largest absolute Gasteiger partial charge is 0.397 e. The first kappa shape index (κ1) is 14.8. The van der Waals surface area contributed by atoms with Gasteiger partial charge in [0.1, 0.15) is 6.10 Å². The van der Waals surface area contributed by atoms with E-state index in [1.165, 1.54) is 0 Å². The van der Waals surface area contributed by atoms with Crippen molar-refractivity contribution >= 4 is 28.9 Å². The van der Waals surface area contributed by atoms with Gasteiger partial charge in [0.2, 0.25) is 0 Å². The van der Waals surface area contributed by atoms with Gasteiger partial charge in [-0.3, -0.25) is 4.79 Å². The third-order valence-corrected chi connectivity index (χ3v) is 2.41. The number of amides is 1. The molecule has 4 nitrogen and oxygen atoms in total. The Balaban J connectivity index is 2.72. The van der Waals surface area contributed by atoms with Gasteiger partial charge in [-0.25, -0.2) is 0 Å². The monoisotopic (exact) mass is 270 g/mol. The Morgan fingerprint density at radius 1 is 1.44 bits per heavy atom. The number of rotatable bonds is 3. The lowest BCUT2D eigenvalue weighted by atomic mass is 10.2. The number of nitrogens with one attached hydrogen (secondary N) is 1. The normalized spacial score (nSPS) is 13.2. The van der Waals surface area contributed by atoms with Crippen molar-refractivity contribution in [2.24, 2.45) is 0 Å². The molecule has 1 rings (SSSR count). The van der Waals surface area contributed by atoms with E-state index >= 15 is 0 Å². The van der Waals surface area contributed by atoms with Gasteiger partial charge in [-0.2, -0.15) is 0 Å². The van der Waals surface area contributed by atoms with E-state index < -0.39 is 6.10 Å². The number of hydrogen-bond donors (Lipinski definition) is 2. The predicted molar refractivity (Wildman–Crippen MR) is 74.8 cm³/mol. The predicted octanol–water partition coefficient (Wildman–Crippen LogP) is 3.06. The fourth-order valence-corrected chi connectivity index (χ4v) is 1.63. The summed E-state index contributed by atoms with van der Waals surface area (Å²) in [6.45, 7) is 7.38. The molecule has 0 aliphatic carbocycles. The maximum atomic E-state index is 11.9. The van der Waals surface area contributed by atoms with Crippen molar-refractivity contribution in [3.63, 3.8) is 0 Å². The van der Waals surface area contributed by atoms with Crippen LogP contribution in [0.4, 0.5) is 11.4 Å². The number of hydrogen-bond acceptors (Lipinski definition) is 3. The molecule has 0 heterocycles. The summed E-state index contributed by atoms with van der Waals surface area (Å²) in [5.41, 5.74) is 6.34. The molecular formula is C13H19ClN2O2. The van der Waals surface area contributed by atoms with Gasteiger partial charge in [-0.15, -0.1) is 0 Å². The van der Waals surface area contributed by atoms with Crippen molar-refractivity contribution < 1.29 is 9.53 Å². The first-order valence-corrected chi connectivity index (χ1v) is 6.10. The van der Waals surface area contributed by atoms with Crippen LogP contribution in [0.3, 0.4) is 0 Å². The van der Waals surface area contributed by atoms with Crippen LogP contribution in [0.2, 0.25) is 5.02 Å². The van der Waals surface area contributed by atoms with Crippen LogP contribution in [-0.4, -0.2) is 17.6 Å². The highest BCUT2D eigenvalue weighted by atomic mass is 35.5. The summed E-state index contributed by atoms with van der Waals surface area (Å²) < 4.78 is 5.56. The SMILES string of the molecule is CC(OC(C)(C)C)C(=O)Nc1cc(Cl)ccc1N. The lowest BCUT2D eigenvalue weighted by Gasteiger charge is -2.24. The zero-order chi connectivity index (χ0) is 13.9. The summed E-state index contributed by atoms with van der Waals surface area (Å²) in [5, 5.41) is 3.22. The van der Waals surface area contributed by atoms with Crippen molar-refractivity contribution in [2.75, 3.05) is 11.1 Å². The van der Waals surface area contributed by atoms with Crippen LogP contribution in [0.25, 0.3) is 0 Å². The molecule has 0 radical (unpaired) electrons. The smallest absolute Gasteiger partial charge is 0.253 e. The molecule has 1 aromatic rings. The molecule has 0 bridgehead atoms. The molecular weight excluding hydrogens is 252 g/mol. The molecule has 3 N–H and O–H groups in total. The highest BCUT2D eigenvalue weighted by Crippen LogP contribution is 2.23. The van der Waals surface area contributed by atoms with Gasteiger partial charge >= 0.3 is 0 Å². The minimum Gasteiger partial charge on any atom is -0.397 e. The quantitative estimate of drug-likeness (QED) is 0.830. The Hall–Kier alpha value is -1.26. The molecule has 0 saturated carbocycles. The Morgan fingerprint density at radius 2 is 2.06 bits per heavy atom. The molecule has 0 aliphatic rings.